The fourth-order valence-electron chi connectivity index (χ4n) is 2.56. The molecule has 0 aromatic carbocycles. The summed E-state index contributed by atoms with van der Waals surface area (Å²) in [5.41, 5.74) is 5.66. The molecule has 4 atom stereocenters. The number of hydrogen-bond donors (Lipinski definition) is 3. The number of rotatable bonds is 2. The monoisotopic (exact) mass is 246 g/mol. The first-order chi connectivity index (χ1) is 7.73. The highest BCUT2D eigenvalue weighted by Crippen LogP contribution is 2.19. The van der Waals surface area contributed by atoms with Gasteiger partial charge in [-0.3, -0.25) is 4.79 Å². The Bertz CT molecular complexity index is 244. The highest BCUT2D eigenvalue weighted by Gasteiger charge is 2.38. The Morgan fingerprint density at radius 2 is 1.94 bits per heavy atom. The highest BCUT2D eigenvalue weighted by atomic mass is 16.4. The van der Waals surface area contributed by atoms with Crippen molar-refractivity contribution in [3.05, 3.63) is 0 Å². The predicted octanol–water partition coefficient (Wildman–Crippen LogP) is 0.251. The minimum absolute atomic E-state index is 0.597. The Morgan fingerprint density at radius 3 is 2.35 bits per heavy atom. The molecule has 5 heteroatoms. The number of piperazine rings is 1. The summed E-state index contributed by atoms with van der Waals surface area (Å²) >= 11 is 0. The molecule has 1 aliphatic rings. The quantitative estimate of drug-likeness (QED) is 0.611. The van der Waals surface area contributed by atoms with Gasteiger partial charge in [-0.15, -0.1) is 0 Å². The molecule has 0 saturated carbocycles. The average Bonchev–Trinajstić information content (AvgIpc) is 2.13. The lowest BCUT2D eigenvalue weighted by Gasteiger charge is -2.49. The minimum atomic E-state index is -0.833. The van der Waals surface area contributed by atoms with Crippen LogP contribution in [0.4, 0.5) is 0 Å². The van der Waals surface area contributed by atoms with E-state index in [9.17, 15) is 0 Å². The lowest BCUT2D eigenvalue weighted by atomic mass is 10.0. The molecular formula is C12H28N3O2+. The van der Waals surface area contributed by atoms with Crippen molar-refractivity contribution >= 4 is 5.97 Å². The molecule has 0 aliphatic carbocycles. The van der Waals surface area contributed by atoms with Gasteiger partial charge in [0.2, 0.25) is 0 Å². The van der Waals surface area contributed by atoms with Crippen molar-refractivity contribution in [2.24, 2.45) is 5.73 Å². The maximum Gasteiger partial charge on any atom is 0.300 e. The number of hydrogen-bond acceptors (Lipinski definition) is 3. The van der Waals surface area contributed by atoms with E-state index in [4.69, 9.17) is 15.6 Å². The van der Waals surface area contributed by atoms with Crippen LogP contribution in [0.3, 0.4) is 0 Å². The number of nitrogens with two attached hydrogens (primary N) is 1. The molecule has 1 heterocycles. The van der Waals surface area contributed by atoms with Crippen molar-refractivity contribution in [3.63, 3.8) is 0 Å². The molecule has 4 unspecified atom stereocenters. The molecule has 1 rings (SSSR count). The van der Waals surface area contributed by atoms with Crippen LogP contribution >= 0.6 is 0 Å². The lowest BCUT2D eigenvalue weighted by Crippen LogP contribution is -2.69. The van der Waals surface area contributed by atoms with E-state index in [1.165, 1.54) is 6.54 Å². The van der Waals surface area contributed by atoms with E-state index in [1.54, 1.807) is 0 Å². The van der Waals surface area contributed by atoms with Crippen LogP contribution in [0.25, 0.3) is 0 Å². The molecule has 0 aromatic rings. The number of aliphatic carboxylic acids is 1. The molecule has 5 nitrogen and oxygen atoms in total. The van der Waals surface area contributed by atoms with Crippen LogP contribution in [0, 0.1) is 0 Å². The number of nitrogens with zero attached hydrogens (tertiary/aromatic N) is 1. The second-order valence-corrected chi connectivity index (χ2v) is 5.29. The van der Waals surface area contributed by atoms with Gasteiger partial charge in [0.1, 0.15) is 6.04 Å². The molecule has 0 bridgehead atoms. The number of quaternary nitrogens is 1. The Balaban J connectivity index is 0.000000557. The number of carbonyl (C=O) groups is 1. The van der Waals surface area contributed by atoms with Crippen molar-refractivity contribution < 1.29 is 14.4 Å². The van der Waals surface area contributed by atoms with Crippen LogP contribution in [-0.4, -0.2) is 60.4 Å². The van der Waals surface area contributed by atoms with E-state index >= 15 is 0 Å². The molecule has 17 heavy (non-hydrogen) atoms. The topological polar surface area (TPSA) is 75.3 Å². The van der Waals surface area contributed by atoms with Crippen molar-refractivity contribution in [3.8, 4) is 0 Å². The Hall–Kier alpha value is -0.650. The van der Waals surface area contributed by atoms with Gasteiger partial charge in [-0.05, 0) is 20.8 Å². The fraction of sp³-hybridized carbons (Fsp3) is 0.917. The third-order valence-corrected chi connectivity index (χ3v) is 3.59. The van der Waals surface area contributed by atoms with Crippen LogP contribution in [0.2, 0.25) is 0 Å². The molecule has 0 amide bonds. The third-order valence-electron chi connectivity index (χ3n) is 3.59. The predicted molar refractivity (Wildman–Crippen MR) is 69.8 cm³/mol. The summed E-state index contributed by atoms with van der Waals surface area (Å²) in [5.74, 6) is -0.833. The zero-order valence-corrected chi connectivity index (χ0v) is 11.7. The zero-order valence-electron chi connectivity index (χ0n) is 11.7. The van der Waals surface area contributed by atoms with Gasteiger partial charge >= 0.3 is 0 Å². The number of carboxylic acids is 1. The lowest BCUT2D eigenvalue weighted by molar-refractivity contribution is -0.937. The Morgan fingerprint density at radius 1 is 1.47 bits per heavy atom. The second-order valence-electron chi connectivity index (χ2n) is 5.29. The summed E-state index contributed by atoms with van der Waals surface area (Å²) in [4.78, 5) is 9.00. The molecule has 1 saturated heterocycles. The molecule has 102 valence electrons. The maximum absolute atomic E-state index is 9.00. The first-order valence-corrected chi connectivity index (χ1v) is 6.22. The zero-order chi connectivity index (χ0) is 13.6. The van der Waals surface area contributed by atoms with Crippen LogP contribution < -0.4 is 11.1 Å². The first kappa shape index (κ1) is 16.4. The fourth-order valence-corrected chi connectivity index (χ4v) is 2.56. The summed E-state index contributed by atoms with van der Waals surface area (Å²) in [6, 6.07) is 1.88. The third kappa shape index (κ3) is 5.48. The summed E-state index contributed by atoms with van der Waals surface area (Å²) in [6.07, 6.45) is 0. The summed E-state index contributed by atoms with van der Waals surface area (Å²) in [6.45, 7) is 11.0. The van der Waals surface area contributed by atoms with Gasteiger partial charge in [0.15, 0.2) is 0 Å². The molecule has 1 aliphatic heterocycles. The van der Waals surface area contributed by atoms with Gasteiger partial charge in [-0.1, -0.05) is 0 Å². The highest BCUT2D eigenvalue weighted by molar-refractivity contribution is 5.62. The van der Waals surface area contributed by atoms with E-state index in [0.717, 1.165) is 24.5 Å². The SMILES string of the molecule is CC(=O)O.CC1C[N+](C)(CCN)C(C)C(C)N1. The number of carboxylic acid groups (broad SMARTS) is 1. The minimum Gasteiger partial charge on any atom is -0.481 e. The molecule has 4 N–H and O–H groups in total. The van der Waals surface area contributed by atoms with Crippen molar-refractivity contribution in [2.75, 3.05) is 26.7 Å². The van der Waals surface area contributed by atoms with E-state index in [-0.39, 0.29) is 0 Å². The van der Waals surface area contributed by atoms with E-state index in [0.29, 0.717) is 18.1 Å². The van der Waals surface area contributed by atoms with Gasteiger partial charge in [0.25, 0.3) is 5.97 Å². The second kappa shape index (κ2) is 6.93. The van der Waals surface area contributed by atoms with Crippen LogP contribution in [0.15, 0.2) is 0 Å². The Kier molecular flexibility index (Phi) is 6.67. The molecule has 0 aromatic heterocycles. The summed E-state index contributed by atoms with van der Waals surface area (Å²) in [7, 11) is 2.32. The average molecular weight is 246 g/mol. The maximum atomic E-state index is 9.00. The normalized spacial score (nSPS) is 36.9. The van der Waals surface area contributed by atoms with Crippen molar-refractivity contribution in [1.82, 2.24) is 5.32 Å². The number of nitrogens with one attached hydrogen (secondary N) is 1. The first-order valence-electron chi connectivity index (χ1n) is 6.22. The smallest absolute Gasteiger partial charge is 0.300 e. The number of likely N-dealkylation sites (N-methyl/N-ethyl adjacent to an activating group) is 1. The Labute approximate surface area is 105 Å². The molecule has 0 spiro atoms. The van der Waals surface area contributed by atoms with Gasteiger partial charge in [0.05, 0.1) is 32.2 Å². The van der Waals surface area contributed by atoms with Gasteiger partial charge < -0.3 is 20.6 Å². The van der Waals surface area contributed by atoms with Crippen molar-refractivity contribution in [2.45, 2.75) is 45.8 Å². The van der Waals surface area contributed by atoms with Crippen LogP contribution in [0.1, 0.15) is 27.7 Å². The van der Waals surface area contributed by atoms with Gasteiger partial charge in [-0.2, -0.15) is 0 Å². The van der Waals surface area contributed by atoms with E-state index < -0.39 is 5.97 Å². The van der Waals surface area contributed by atoms with Crippen LogP contribution in [-0.2, 0) is 4.79 Å². The van der Waals surface area contributed by atoms with Crippen LogP contribution in [0.5, 0.6) is 0 Å². The van der Waals surface area contributed by atoms with E-state index in [1.807, 2.05) is 0 Å². The summed E-state index contributed by atoms with van der Waals surface area (Å²) < 4.78 is 1.12. The van der Waals surface area contributed by atoms with Gasteiger partial charge in [-0.25, -0.2) is 0 Å². The van der Waals surface area contributed by atoms with Crippen molar-refractivity contribution in [1.29, 1.82) is 0 Å². The van der Waals surface area contributed by atoms with E-state index in [2.05, 4.69) is 33.1 Å². The molecular weight excluding hydrogens is 218 g/mol. The summed E-state index contributed by atoms with van der Waals surface area (Å²) in [5, 5.41) is 11.0. The molecule has 1 fully saturated rings. The molecule has 0 radical (unpaired) electrons. The largest absolute Gasteiger partial charge is 0.481 e. The van der Waals surface area contributed by atoms with Gasteiger partial charge in [0, 0.05) is 13.5 Å². The standard InChI is InChI=1S/C10H24N3.C2H4O2/c1-8-7-13(4,6-5-11)10(3)9(2)12-8;1-2(3)4/h8-10,12H,5-7,11H2,1-4H3;1H3,(H,3,4)/q+1;.